The first kappa shape index (κ1) is 11.5. The molecule has 0 fully saturated rings. The van der Waals surface area contributed by atoms with E-state index in [0.29, 0.717) is 5.89 Å². The molecule has 2 aromatic carbocycles. The number of rotatable bonds is 2. The Morgan fingerprint density at radius 3 is 2.44 bits per heavy atom. The van der Waals surface area contributed by atoms with Crippen molar-refractivity contribution in [3.8, 4) is 22.7 Å². The molecule has 0 radical (unpaired) electrons. The lowest BCUT2D eigenvalue weighted by Gasteiger charge is -1.95. The van der Waals surface area contributed by atoms with Crippen LogP contribution in [-0.2, 0) is 0 Å². The van der Waals surface area contributed by atoms with Gasteiger partial charge in [0.2, 0.25) is 5.89 Å². The maximum atomic E-state index is 5.55. The maximum absolute atomic E-state index is 5.55. The minimum Gasteiger partial charge on any atom is -0.444 e. The molecular formula is C15H10INO. The lowest BCUT2D eigenvalue weighted by Crippen LogP contribution is -1.80. The molecule has 0 atom stereocenters. The fourth-order valence-corrected chi connectivity index (χ4v) is 2.31. The van der Waals surface area contributed by atoms with E-state index in [0.717, 1.165) is 16.8 Å². The molecule has 0 saturated heterocycles. The monoisotopic (exact) mass is 347 g/mol. The molecule has 2 nitrogen and oxygen atoms in total. The average molecular weight is 347 g/mol. The minimum absolute atomic E-state index is 0.660. The summed E-state index contributed by atoms with van der Waals surface area (Å²) < 4.78 is 6.72. The quantitative estimate of drug-likeness (QED) is 0.633. The van der Waals surface area contributed by atoms with Gasteiger partial charge in [0, 0.05) is 14.7 Å². The van der Waals surface area contributed by atoms with Crippen LogP contribution in [0.15, 0.2) is 65.3 Å². The molecule has 3 aromatic rings. The summed E-state index contributed by atoms with van der Waals surface area (Å²) in [5, 5.41) is 0. The number of oxazole rings is 1. The number of hydrogen-bond acceptors (Lipinski definition) is 2. The molecular weight excluding hydrogens is 337 g/mol. The summed E-state index contributed by atoms with van der Waals surface area (Å²) in [6, 6.07) is 18.1. The average Bonchev–Trinajstić information content (AvgIpc) is 2.89. The fraction of sp³-hybridized carbons (Fsp3) is 0. The van der Waals surface area contributed by atoms with Gasteiger partial charge in [0.1, 0.15) is 12.0 Å². The van der Waals surface area contributed by atoms with E-state index in [2.05, 4.69) is 33.6 Å². The zero-order valence-electron chi connectivity index (χ0n) is 9.51. The van der Waals surface area contributed by atoms with Gasteiger partial charge in [0.05, 0.1) is 0 Å². The number of nitrogens with zero attached hydrogens (tertiary/aromatic N) is 1. The van der Waals surface area contributed by atoms with E-state index in [1.807, 2.05) is 48.5 Å². The summed E-state index contributed by atoms with van der Waals surface area (Å²) in [6.45, 7) is 0. The summed E-state index contributed by atoms with van der Waals surface area (Å²) in [5.41, 5.74) is 2.94. The van der Waals surface area contributed by atoms with Crippen LogP contribution in [0.2, 0.25) is 0 Å². The van der Waals surface area contributed by atoms with Crippen LogP contribution in [0.5, 0.6) is 0 Å². The van der Waals surface area contributed by atoms with Crippen LogP contribution in [0.25, 0.3) is 22.7 Å². The first-order chi connectivity index (χ1) is 8.83. The van der Waals surface area contributed by atoms with E-state index in [9.17, 15) is 0 Å². The Morgan fingerprint density at radius 2 is 1.67 bits per heavy atom. The molecule has 0 N–H and O–H groups in total. The highest BCUT2D eigenvalue weighted by atomic mass is 127. The lowest BCUT2D eigenvalue weighted by molar-refractivity contribution is 0.575. The molecule has 1 aromatic heterocycles. The van der Waals surface area contributed by atoms with Crippen molar-refractivity contribution < 1.29 is 4.42 Å². The van der Waals surface area contributed by atoms with Crippen LogP contribution in [0.3, 0.4) is 0 Å². The fourth-order valence-electron chi connectivity index (χ4n) is 1.77. The SMILES string of the molecule is Ic1cccc(-c2nc(-c3ccccc3)co2)c1. The van der Waals surface area contributed by atoms with Crippen molar-refractivity contribution in [1.82, 2.24) is 4.98 Å². The van der Waals surface area contributed by atoms with Gasteiger partial charge in [-0.2, -0.15) is 0 Å². The minimum atomic E-state index is 0.660. The Hall–Kier alpha value is -1.62. The summed E-state index contributed by atoms with van der Waals surface area (Å²) in [7, 11) is 0. The summed E-state index contributed by atoms with van der Waals surface area (Å²) in [6.07, 6.45) is 1.70. The van der Waals surface area contributed by atoms with Gasteiger partial charge in [-0.15, -0.1) is 0 Å². The van der Waals surface area contributed by atoms with Crippen molar-refractivity contribution in [3.05, 3.63) is 64.4 Å². The maximum Gasteiger partial charge on any atom is 0.226 e. The Labute approximate surface area is 119 Å². The van der Waals surface area contributed by atoms with Crippen LogP contribution in [0, 0.1) is 3.57 Å². The van der Waals surface area contributed by atoms with Gasteiger partial charge >= 0.3 is 0 Å². The molecule has 3 rings (SSSR count). The van der Waals surface area contributed by atoms with Crippen LogP contribution >= 0.6 is 22.6 Å². The third-order valence-electron chi connectivity index (χ3n) is 2.65. The summed E-state index contributed by atoms with van der Waals surface area (Å²) in [5.74, 6) is 0.660. The predicted molar refractivity (Wildman–Crippen MR) is 80.1 cm³/mol. The highest BCUT2D eigenvalue weighted by molar-refractivity contribution is 14.1. The van der Waals surface area contributed by atoms with E-state index in [1.165, 1.54) is 3.57 Å². The van der Waals surface area contributed by atoms with Gasteiger partial charge < -0.3 is 4.42 Å². The summed E-state index contributed by atoms with van der Waals surface area (Å²) in [4.78, 5) is 4.52. The van der Waals surface area contributed by atoms with Gasteiger partial charge in [-0.05, 0) is 40.8 Å². The number of halogens is 1. The number of benzene rings is 2. The molecule has 0 amide bonds. The smallest absolute Gasteiger partial charge is 0.226 e. The van der Waals surface area contributed by atoms with Gasteiger partial charge in [0.15, 0.2) is 0 Å². The molecule has 0 spiro atoms. The van der Waals surface area contributed by atoms with Crippen LogP contribution < -0.4 is 0 Å². The molecule has 88 valence electrons. The second kappa shape index (κ2) is 4.94. The Bertz CT molecular complexity index is 661. The van der Waals surface area contributed by atoms with E-state index in [4.69, 9.17) is 4.42 Å². The Kier molecular flexibility index (Phi) is 3.15. The van der Waals surface area contributed by atoms with Crippen molar-refractivity contribution in [1.29, 1.82) is 0 Å². The van der Waals surface area contributed by atoms with Gasteiger partial charge in [-0.25, -0.2) is 4.98 Å². The van der Waals surface area contributed by atoms with Crippen LogP contribution in [0.4, 0.5) is 0 Å². The van der Waals surface area contributed by atoms with Gasteiger partial charge in [0.25, 0.3) is 0 Å². The second-order valence-corrected chi connectivity index (χ2v) is 5.16. The molecule has 0 bridgehead atoms. The predicted octanol–water partition coefficient (Wildman–Crippen LogP) is 4.61. The highest BCUT2D eigenvalue weighted by Crippen LogP contribution is 2.25. The molecule has 0 aliphatic carbocycles. The topological polar surface area (TPSA) is 26.0 Å². The zero-order chi connectivity index (χ0) is 12.4. The molecule has 0 aliphatic heterocycles. The van der Waals surface area contributed by atoms with E-state index in [-0.39, 0.29) is 0 Å². The third-order valence-corrected chi connectivity index (χ3v) is 3.32. The van der Waals surface area contributed by atoms with Crippen molar-refractivity contribution in [2.24, 2.45) is 0 Å². The molecule has 0 aliphatic rings. The van der Waals surface area contributed by atoms with Crippen molar-refractivity contribution in [3.63, 3.8) is 0 Å². The van der Waals surface area contributed by atoms with Crippen molar-refractivity contribution in [2.45, 2.75) is 0 Å². The van der Waals surface area contributed by atoms with Gasteiger partial charge in [-0.3, -0.25) is 0 Å². The van der Waals surface area contributed by atoms with Gasteiger partial charge in [-0.1, -0.05) is 36.4 Å². The van der Waals surface area contributed by atoms with Crippen LogP contribution in [-0.4, -0.2) is 4.98 Å². The highest BCUT2D eigenvalue weighted by Gasteiger charge is 2.08. The number of hydrogen-bond donors (Lipinski definition) is 0. The summed E-state index contributed by atoms with van der Waals surface area (Å²) >= 11 is 2.28. The molecule has 0 saturated carbocycles. The van der Waals surface area contributed by atoms with Crippen molar-refractivity contribution >= 4 is 22.6 Å². The van der Waals surface area contributed by atoms with Crippen LogP contribution in [0.1, 0.15) is 0 Å². The Balaban J connectivity index is 2.00. The van der Waals surface area contributed by atoms with Crippen molar-refractivity contribution in [2.75, 3.05) is 0 Å². The Morgan fingerprint density at radius 1 is 0.889 bits per heavy atom. The normalized spacial score (nSPS) is 10.5. The molecule has 1 heterocycles. The first-order valence-corrected chi connectivity index (χ1v) is 6.68. The second-order valence-electron chi connectivity index (χ2n) is 3.91. The zero-order valence-corrected chi connectivity index (χ0v) is 11.7. The standard InChI is InChI=1S/C15H10INO/c16-13-8-4-7-12(9-13)15-17-14(10-18-15)11-5-2-1-3-6-11/h1-10H. The van der Waals surface area contributed by atoms with E-state index >= 15 is 0 Å². The number of aromatic nitrogens is 1. The third kappa shape index (κ3) is 2.31. The molecule has 0 unspecified atom stereocenters. The molecule has 18 heavy (non-hydrogen) atoms. The molecule has 3 heteroatoms. The van der Waals surface area contributed by atoms with E-state index in [1.54, 1.807) is 6.26 Å². The first-order valence-electron chi connectivity index (χ1n) is 5.60. The lowest BCUT2D eigenvalue weighted by atomic mass is 10.2. The largest absolute Gasteiger partial charge is 0.444 e. The van der Waals surface area contributed by atoms with E-state index < -0.39 is 0 Å².